The maximum atomic E-state index is 13.0. The highest BCUT2D eigenvalue weighted by molar-refractivity contribution is 7.98. The minimum atomic E-state index is -0.238. The number of aromatic nitrogens is 1. The van der Waals surface area contributed by atoms with E-state index in [2.05, 4.69) is 11.1 Å². The molecule has 0 fully saturated rings. The number of benzene rings is 2. The normalized spacial score (nSPS) is 10.4. The highest BCUT2D eigenvalue weighted by Gasteiger charge is 2.05. The van der Waals surface area contributed by atoms with Crippen molar-refractivity contribution in [2.45, 2.75) is 5.75 Å². The molecule has 0 aliphatic carbocycles. The van der Waals surface area contributed by atoms with E-state index < -0.39 is 0 Å². The molecule has 0 N–H and O–H groups in total. The van der Waals surface area contributed by atoms with Crippen molar-refractivity contribution in [2.75, 3.05) is 12.4 Å². The van der Waals surface area contributed by atoms with Gasteiger partial charge < -0.3 is 4.74 Å². The average Bonchev–Trinajstić information content (AvgIpc) is 3.11. The molecule has 3 rings (SSSR count). The summed E-state index contributed by atoms with van der Waals surface area (Å²) in [5.41, 5.74) is 2.58. The smallest absolute Gasteiger partial charge is 0.123 e. The van der Waals surface area contributed by atoms with Gasteiger partial charge in [-0.1, -0.05) is 0 Å². The molecule has 1 heterocycles. The van der Waals surface area contributed by atoms with Crippen LogP contribution in [0.2, 0.25) is 0 Å². The summed E-state index contributed by atoms with van der Waals surface area (Å²) in [7, 11) is 0. The van der Waals surface area contributed by atoms with E-state index in [0.717, 1.165) is 33.5 Å². The Balaban J connectivity index is 1.42. The molecule has 3 aromatic rings. The van der Waals surface area contributed by atoms with Crippen LogP contribution in [0.15, 0.2) is 53.9 Å². The van der Waals surface area contributed by atoms with Crippen LogP contribution >= 0.6 is 23.1 Å². The third kappa shape index (κ3) is 5.05. The van der Waals surface area contributed by atoms with Gasteiger partial charge in [0.05, 0.1) is 23.9 Å². The van der Waals surface area contributed by atoms with E-state index in [0.29, 0.717) is 12.2 Å². The lowest BCUT2D eigenvalue weighted by molar-refractivity contribution is 0.344. The van der Waals surface area contributed by atoms with Gasteiger partial charge in [-0.2, -0.15) is 17.0 Å². The zero-order valence-corrected chi connectivity index (χ0v) is 14.9. The molecule has 0 bridgehead atoms. The Morgan fingerprint density at radius 2 is 1.88 bits per heavy atom. The van der Waals surface area contributed by atoms with Crippen LogP contribution in [0.1, 0.15) is 11.3 Å². The number of thioether (sulfide) groups is 1. The van der Waals surface area contributed by atoms with Crippen LogP contribution in [0.3, 0.4) is 0 Å². The van der Waals surface area contributed by atoms with Gasteiger partial charge in [-0.25, -0.2) is 9.37 Å². The molecule has 0 radical (unpaired) electrons. The van der Waals surface area contributed by atoms with E-state index >= 15 is 0 Å². The molecule has 1 aromatic heterocycles. The number of hydrogen-bond acceptors (Lipinski definition) is 5. The number of nitriles is 1. The third-order valence-electron chi connectivity index (χ3n) is 3.37. The van der Waals surface area contributed by atoms with Crippen LogP contribution < -0.4 is 4.74 Å². The van der Waals surface area contributed by atoms with Gasteiger partial charge >= 0.3 is 0 Å². The van der Waals surface area contributed by atoms with Gasteiger partial charge in [-0.05, 0) is 48.5 Å². The van der Waals surface area contributed by atoms with Crippen molar-refractivity contribution >= 4 is 23.1 Å². The van der Waals surface area contributed by atoms with Crippen LogP contribution in [-0.2, 0) is 5.75 Å². The monoisotopic (exact) mass is 370 g/mol. The Bertz CT molecular complexity index is 854. The van der Waals surface area contributed by atoms with Crippen LogP contribution in [-0.4, -0.2) is 17.3 Å². The molecule has 0 atom stereocenters. The van der Waals surface area contributed by atoms with Gasteiger partial charge in [0, 0.05) is 22.4 Å². The zero-order chi connectivity index (χ0) is 17.5. The van der Waals surface area contributed by atoms with Crippen molar-refractivity contribution in [3.63, 3.8) is 0 Å². The summed E-state index contributed by atoms with van der Waals surface area (Å²) >= 11 is 3.32. The van der Waals surface area contributed by atoms with Gasteiger partial charge in [0.1, 0.15) is 16.6 Å². The zero-order valence-electron chi connectivity index (χ0n) is 13.3. The summed E-state index contributed by atoms with van der Waals surface area (Å²) in [6, 6.07) is 15.6. The largest absolute Gasteiger partial charge is 0.493 e. The molecule has 6 heteroatoms. The van der Waals surface area contributed by atoms with E-state index in [1.165, 1.54) is 12.1 Å². The Morgan fingerprint density at radius 1 is 1.12 bits per heavy atom. The predicted octanol–water partition coefficient (Wildman–Crippen LogP) is 5.13. The van der Waals surface area contributed by atoms with Crippen molar-refractivity contribution in [1.29, 1.82) is 5.26 Å². The lowest BCUT2D eigenvalue weighted by Crippen LogP contribution is -2.00. The molecule has 0 amide bonds. The molecule has 2 aromatic carbocycles. The van der Waals surface area contributed by atoms with Gasteiger partial charge in [0.2, 0.25) is 0 Å². The SMILES string of the molecule is N#Cc1ccc(OCCSCc2csc(-c3ccc(F)cc3)n2)cc1. The van der Waals surface area contributed by atoms with Crippen LogP contribution in [0.25, 0.3) is 10.6 Å². The number of ether oxygens (including phenoxy) is 1. The third-order valence-corrected chi connectivity index (χ3v) is 5.27. The molecule has 0 aliphatic heterocycles. The lowest BCUT2D eigenvalue weighted by atomic mass is 10.2. The van der Waals surface area contributed by atoms with Gasteiger partial charge in [0.25, 0.3) is 0 Å². The summed E-state index contributed by atoms with van der Waals surface area (Å²) in [6.07, 6.45) is 0. The minimum Gasteiger partial charge on any atom is -0.493 e. The molecule has 0 unspecified atom stereocenters. The van der Waals surface area contributed by atoms with Crippen molar-refractivity contribution < 1.29 is 9.13 Å². The molecule has 0 saturated heterocycles. The van der Waals surface area contributed by atoms with Gasteiger partial charge in [-0.3, -0.25) is 0 Å². The highest BCUT2D eigenvalue weighted by Crippen LogP contribution is 2.25. The molecule has 3 nitrogen and oxygen atoms in total. The van der Waals surface area contributed by atoms with Gasteiger partial charge in [-0.15, -0.1) is 11.3 Å². The summed E-state index contributed by atoms with van der Waals surface area (Å²) in [6.45, 7) is 0.603. The first-order valence-electron chi connectivity index (χ1n) is 7.65. The summed E-state index contributed by atoms with van der Waals surface area (Å²) in [5.74, 6) is 2.20. The van der Waals surface area contributed by atoms with Crippen LogP contribution in [0.5, 0.6) is 5.75 Å². The number of rotatable bonds is 7. The Hall–Kier alpha value is -2.36. The second-order valence-corrected chi connectivity index (χ2v) is 7.15. The van der Waals surface area contributed by atoms with Crippen LogP contribution in [0, 0.1) is 17.1 Å². The Kier molecular flexibility index (Phi) is 6.04. The van der Waals surface area contributed by atoms with E-state index in [1.54, 1.807) is 59.5 Å². The predicted molar refractivity (Wildman–Crippen MR) is 100 cm³/mol. The Morgan fingerprint density at radius 3 is 2.60 bits per heavy atom. The fourth-order valence-corrected chi connectivity index (χ4v) is 3.75. The molecule has 0 spiro atoms. The maximum absolute atomic E-state index is 13.0. The first-order chi connectivity index (χ1) is 12.2. The molecule has 0 saturated carbocycles. The summed E-state index contributed by atoms with van der Waals surface area (Å²) in [4.78, 5) is 4.59. The van der Waals surface area contributed by atoms with Gasteiger partial charge in [0.15, 0.2) is 0 Å². The number of nitrogens with zero attached hydrogens (tertiary/aromatic N) is 2. The standard InChI is InChI=1S/C19H15FN2OS2/c20-16-5-3-15(4-6-16)19-22-17(13-25-19)12-24-10-9-23-18-7-1-14(11-21)2-8-18/h1-8,13H,9-10,12H2. The average molecular weight is 370 g/mol. The summed E-state index contributed by atoms with van der Waals surface area (Å²) in [5, 5.41) is 11.7. The fourth-order valence-electron chi connectivity index (χ4n) is 2.12. The van der Waals surface area contributed by atoms with Crippen molar-refractivity contribution in [3.05, 3.63) is 71.0 Å². The molecule has 126 valence electrons. The molecule has 0 aliphatic rings. The number of halogens is 1. The second-order valence-electron chi connectivity index (χ2n) is 5.19. The van der Waals surface area contributed by atoms with E-state index in [1.807, 2.05) is 5.38 Å². The van der Waals surface area contributed by atoms with E-state index in [9.17, 15) is 4.39 Å². The van der Waals surface area contributed by atoms with Crippen molar-refractivity contribution in [1.82, 2.24) is 4.98 Å². The number of hydrogen-bond donors (Lipinski definition) is 0. The van der Waals surface area contributed by atoms with Crippen LogP contribution in [0.4, 0.5) is 4.39 Å². The fraction of sp³-hybridized carbons (Fsp3) is 0.158. The topological polar surface area (TPSA) is 45.9 Å². The lowest BCUT2D eigenvalue weighted by Gasteiger charge is -2.05. The number of thiazole rings is 1. The van der Waals surface area contributed by atoms with E-state index in [4.69, 9.17) is 10.00 Å². The highest BCUT2D eigenvalue weighted by atomic mass is 32.2. The van der Waals surface area contributed by atoms with E-state index in [-0.39, 0.29) is 5.82 Å². The summed E-state index contributed by atoms with van der Waals surface area (Å²) < 4.78 is 18.6. The quantitative estimate of drug-likeness (QED) is 0.541. The second kappa shape index (κ2) is 8.65. The van der Waals surface area contributed by atoms with Crippen molar-refractivity contribution in [2.24, 2.45) is 0 Å². The van der Waals surface area contributed by atoms with Crippen molar-refractivity contribution in [3.8, 4) is 22.4 Å². The molecular weight excluding hydrogens is 355 g/mol. The first kappa shape index (κ1) is 17.5. The molecule has 25 heavy (non-hydrogen) atoms. The Labute approximate surface area is 154 Å². The minimum absolute atomic E-state index is 0.238. The molecular formula is C19H15FN2OS2. The first-order valence-corrected chi connectivity index (χ1v) is 9.69. The maximum Gasteiger partial charge on any atom is 0.123 e.